The maximum Gasteiger partial charge on any atom is 0.120 e. The van der Waals surface area contributed by atoms with Gasteiger partial charge in [-0.1, -0.05) is 121 Å². The molecule has 0 N–H and O–H groups in total. The molecule has 3 aromatic heterocycles. The van der Waals surface area contributed by atoms with Crippen LogP contribution in [-0.2, 0) is 20.1 Å². The number of hydrogen-bond donors (Lipinski definition) is 0. The predicted molar refractivity (Wildman–Crippen MR) is 213 cm³/mol. The van der Waals surface area contributed by atoms with Crippen molar-refractivity contribution in [1.82, 2.24) is 9.97 Å². The molecule has 3 atom stereocenters. The van der Waals surface area contributed by atoms with Crippen molar-refractivity contribution in [2.24, 2.45) is 11.8 Å². The van der Waals surface area contributed by atoms with Crippen molar-refractivity contribution in [2.75, 3.05) is 0 Å². The first-order chi connectivity index (χ1) is 28.3. The van der Waals surface area contributed by atoms with Gasteiger partial charge in [0.25, 0.3) is 0 Å². The van der Waals surface area contributed by atoms with Crippen LogP contribution in [0, 0.1) is 37.7 Å². The second-order valence-electron chi connectivity index (χ2n) is 13.8. The Morgan fingerprint density at radius 3 is 2.38 bits per heavy atom. The van der Waals surface area contributed by atoms with Gasteiger partial charge in [-0.15, -0.1) is 47.5 Å². The van der Waals surface area contributed by atoms with Gasteiger partial charge in [0.1, 0.15) is 5.58 Å². The van der Waals surface area contributed by atoms with Gasteiger partial charge in [0.2, 0.25) is 0 Å². The number of hydrogen-bond acceptors (Lipinski definition) is 3. The molecule has 0 spiro atoms. The Hall–Kier alpha value is -5.15. The van der Waals surface area contributed by atoms with Crippen LogP contribution in [0.15, 0.2) is 144 Å². The molecule has 2 aliphatic carbocycles. The number of para-hydroxylation sites is 1. The van der Waals surface area contributed by atoms with Crippen LogP contribution in [-0.4, -0.2) is 9.97 Å². The molecular weight excluding hydrogens is 825 g/mol. The van der Waals surface area contributed by atoms with Gasteiger partial charge in [-0.2, -0.15) is 0 Å². The molecule has 3 heterocycles. The van der Waals surface area contributed by atoms with Gasteiger partial charge in [-0.25, -0.2) is 0 Å². The van der Waals surface area contributed by atoms with Crippen molar-refractivity contribution in [3.63, 3.8) is 0 Å². The number of rotatable bonds is 5. The first-order valence-electron chi connectivity index (χ1n) is 21.3. The quantitative estimate of drug-likeness (QED) is 0.162. The van der Waals surface area contributed by atoms with E-state index >= 15 is 0 Å². The maximum absolute atomic E-state index is 9.13. The smallest absolute Gasteiger partial charge is 0.120 e. The number of nitrogens with zero attached hydrogens (tertiary/aromatic N) is 2. The molecule has 0 amide bonds. The maximum atomic E-state index is 9.13. The molecule has 0 saturated heterocycles. The van der Waals surface area contributed by atoms with E-state index in [0.717, 1.165) is 62.2 Å². The zero-order chi connectivity index (χ0) is 40.9. The Bertz CT molecular complexity index is 2780. The molecule has 8 aromatic rings. The van der Waals surface area contributed by atoms with Gasteiger partial charge < -0.3 is 14.4 Å². The van der Waals surface area contributed by atoms with Crippen molar-refractivity contribution in [3.8, 4) is 44.8 Å². The standard InChI is InChI=1S/C30H24NO.C19H16N.Ir/c1-2-7-29-24(4-1)25-5-3-6-26(30(25)32-29)28-18-22(14-15-31-28)20-10-12-21(13-11-20)27-17-19-8-9-23(27)16-19;1-14-8-11-19(20-13-14)17-10-9-15(2)18(12-17)16-6-4-3-5-7-16;/h1-5,7,10-15,18-19,23,27H,8-9,16-17H2;3-9,11-13H,1-2H3;/q2*-1;/i27D;1D3,2D3;. The minimum Gasteiger partial charge on any atom is -0.501 e. The van der Waals surface area contributed by atoms with E-state index in [-0.39, 0.29) is 31.2 Å². The van der Waals surface area contributed by atoms with Gasteiger partial charge >= 0.3 is 0 Å². The summed E-state index contributed by atoms with van der Waals surface area (Å²) in [6.07, 6.45) is 7.97. The molecule has 3 nitrogen and oxygen atoms in total. The molecule has 4 heteroatoms. The SMILES string of the molecule is [2H]C([2H])([2H])c1ccc(-c2[c-]cc(C([2H])([2H])[2H])c(-c3ccccc3)c2)nc1.[2H]C1(c2ccc(-c3ccnc(-c4[c-]ccc5c4oc4ccccc45)c3)cc2)CC2CCC1C2.[Ir]. The van der Waals surface area contributed by atoms with Crippen molar-refractivity contribution >= 4 is 21.9 Å². The molecule has 5 aromatic carbocycles. The zero-order valence-corrected chi connectivity index (χ0v) is 31.3. The number of fused-ring (bicyclic) bond motifs is 5. The van der Waals surface area contributed by atoms with Crippen LogP contribution in [0.5, 0.6) is 0 Å². The molecule has 2 saturated carbocycles. The van der Waals surface area contributed by atoms with Crippen LogP contribution >= 0.6 is 0 Å². The fourth-order valence-electron chi connectivity index (χ4n) is 7.96. The van der Waals surface area contributed by atoms with Crippen LogP contribution in [0.2, 0.25) is 0 Å². The molecule has 3 unspecified atom stereocenters. The van der Waals surface area contributed by atoms with E-state index in [0.29, 0.717) is 22.7 Å². The normalized spacial score (nSPS) is 21.2. The predicted octanol–water partition coefficient (Wildman–Crippen LogP) is 12.8. The third-order valence-corrected chi connectivity index (χ3v) is 10.6. The van der Waals surface area contributed by atoms with Crippen LogP contribution in [0.4, 0.5) is 0 Å². The summed E-state index contributed by atoms with van der Waals surface area (Å²) in [5, 5.41) is 2.20. The fourth-order valence-corrected chi connectivity index (χ4v) is 7.96. The van der Waals surface area contributed by atoms with Crippen molar-refractivity contribution < 1.29 is 34.1 Å². The number of aryl methyl sites for hydroxylation is 2. The first kappa shape index (κ1) is 27.5. The molecule has 2 aliphatic rings. The Morgan fingerprint density at radius 2 is 1.60 bits per heavy atom. The van der Waals surface area contributed by atoms with Gasteiger partial charge in [-0.3, -0.25) is 0 Å². The Kier molecular flexibility index (Phi) is 7.80. The third kappa shape index (κ3) is 7.02. The summed E-state index contributed by atoms with van der Waals surface area (Å²) < 4.78 is 60.9. The van der Waals surface area contributed by atoms with Crippen molar-refractivity contribution in [2.45, 2.75) is 45.3 Å². The van der Waals surface area contributed by atoms with Crippen molar-refractivity contribution in [3.05, 3.63) is 169 Å². The summed E-state index contributed by atoms with van der Waals surface area (Å²) in [6, 6.07) is 46.8. The van der Waals surface area contributed by atoms with Gasteiger partial charge in [-0.05, 0) is 95.2 Å². The summed E-state index contributed by atoms with van der Waals surface area (Å²) in [6.45, 7) is -4.48. The van der Waals surface area contributed by atoms with Crippen LogP contribution < -0.4 is 0 Å². The molecule has 0 aliphatic heterocycles. The Balaban J connectivity index is 0.000000169. The largest absolute Gasteiger partial charge is 0.501 e. The number of pyridine rings is 2. The van der Waals surface area contributed by atoms with Gasteiger partial charge in [0.05, 0.1) is 5.58 Å². The van der Waals surface area contributed by atoms with E-state index in [2.05, 4.69) is 64.6 Å². The fraction of sp³-hybridized carbons (Fsp3) is 0.184. The van der Waals surface area contributed by atoms with Crippen LogP contribution in [0.25, 0.3) is 66.7 Å². The molecule has 2 fully saturated rings. The molecule has 53 heavy (non-hydrogen) atoms. The Morgan fingerprint density at radius 1 is 0.736 bits per heavy atom. The van der Waals surface area contributed by atoms with E-state index in [1.807, 2.05) is 66.9 Å². The van der Waals surface area contributed by atoms with E-state index in [4.69, 9.17) is 14.0 Å². The summed E-state index contributed by atoms with van der Waals surface area (Å²) >= 11 is 0. The van der Waals surface area contributed by atoms with Crippen LogP contribution in [0.1, 0.15) is 57.9 Å². The van der Waals surface area contributed by atoms with Crippen molar-refractivity contribution in [1.29, 1.82) is 0 Å². The molecule has 1 radical (unpaired) electrons. The number of aromatic nitrogens is 2. The molecule has 2 bridgehead atoms. The summed E-state index contributed by atoms with van der Waals surface area (Å²) in [7, 11) is 0. The summed E-state index contributed by atoms with van der Waals surface area (Å²) in [5.74, 6) is 0.893. The molecular formula is C49H40IrN2O-2. The van der Waals surface area contributed by atoms with E-state index in [1.54, 1.807) is 12.1 Å². The zero-order valence-electron chi connectivity index (χ0n) is 35.9. The number of benzene rings is 5. The third-order valence-electron chi connectivity index (χ3n) is 10.6. The summed E-state index contributed by atoms with van der Waals surface area (Å²) in [5.41, 5.74) is 9.75. The first-order valence-corrected chi connectivity index (χ1v) is 17.8. The summed E-state index contributed by atoms with van der Waals surface area (Å²) in [4.78, 5) is 8.86. The van der Waals surface area contributed by atoms with Gasteiger partial charge in [0.15, 0.2) is 0 Å². The molecule has 263 valence electrons. The van der Waals surface area contributed by atoms with E-state index < -0.39 is 19.6 Å². The Labute approximate surface area is 335 Å². The second-order valence-corrected chi connectivity index (χ2v) is 13.8. The number of furan rings is 1. The minimum absolute atomic E-state index is 0. The average Bonchev–Trinajstić information content (AvgIpc) is 3.97. The minimum atomic E-state index is -2.27. The second kappa shape index (κ2) is 15.1. The molecule has 10 rings (SSSR count). The monoisotopic (exact) mass is 872 g/mol. The average molecular weight is 872 g/mol. The van der Waals surface area contributed by atoms with Crippen LogP contribution in [0.3, 0.4) is 0 Å². The topological polar surface area (TPSA) is 38.9 Å². The van der Waals surface area contributed by atoms with E-state index in [1.165, 1.54) is 43.2 Å². The van der Waals surface area contributed by atoms with E-state index in [9.17, 15) is 0 Å². The van der Waals surface area contributed by atoms with Gasteiger partial charge in [0, 0.05) is 47.5 Å².